The molecule has 1 aromatic heterocycles. The van der Waals surface area contributed by atoms with Gasteiger partial charge in [0.1, 0.15) is 18.1 Å². The third-order valence-corrected chi connectivity index (χ3v) is 5.50. The second kappa shape index (κ2) is 14.9. The van der Waals surface area contributed by atoms with Crippen LogP contribution in [0.2, 0.25) is 0 Å². The number of nitrogens with one attached hydrogen (secondary N) is 4. The van der Waals surface area contributed by atoms with Crippen molar-refractivity contribution in [1.82, 2.24) is 25.9 Å². The Kier molecular flexibility index (Phi) is 11.7. The SMILES string of the molecule is CC(N)C(=O)NC(Cc1ccccc1)C(=O)NC(CCCN=C(N)N)C(=O)NC(Cc1cnc[nH]1)C(=O)O. The smallest absolute Gasteiger partial charge is 0.326 e. The summed E-state index contributed by atoms with van der Waals surface area (Å²) in [6.45, 7) is 1.67. The molecule has 2 rings (SSSR count). The lowest BCUT2D eigenvalue weighted by molar-refractivity contribution is -0.142. The van der Waals surface area contributed by atoms with Crippen LogP contribution >= 0.6 is 0 Å². The summed E-state index contributed by atoms with van der Waals surface area (Å²) in [5.41, 5.74) is 17.7. The van der Waals surface area contributed by atoms with Crippen LogP contribution in [0.25, 0.3) is 0 Å². The molecule has 38 heavy (non-hydrogen) atoms. The van der Waals surface area contributed by atoms with E-state index in [-0.39, 0.29) is 31.8 Å². The zero-order chi connectivity index (χ0) is 28.1. The van der Waals surface area contributed by atoms with Gasteiger partial charge in [-0.05, 0) is 25.3 Å². The molecule has 206 valence electrons. The zero-order valence-corrected chi connectivity index (χ0v) is 21.1. The number of carbonyl (C=O) groups is 4. The number of hydrogen-bond acceptors (Lipinski definition) is 7. The van der Waals surface area contributed by atoms with Crippen LogP contribution in [0.4, 0.5) is 0 Å². The van der Waals surface area contributed by atoms with E-state index in [1.807, 2.05) is 6.07 Å². The molecule has 4 unspecified atom stereocenters. The number of carboxylic acid groups (broad SMARTS) is 1. The molecule has 14 nitrogen and oxygen atoms in total. The molecule has 1 heterocycles. The molecule has 0 fully saturated rings. The number of hydrogen-bond donors (Lipinski definition) is 8. The number of carbonyl (C=O) groups excluding carboxylic acids is 3. The molecule has 11 N–H and O–H groups in total. The molecule has 0 saturated heterocycles. The first-order valence-electron chi connectivity index (χ1n) is 12.0. The quantitative estimate of drug-likeness (QED) is 0.0731. The van der Waals surface area contributed by atoms with Gasteiger partial charge < -0.3 is 43.2 Å². The summed E-state index contributed by atoms with van der Waals surface area (Å²) in [4.78, 5) is 61.1. The van der Waals surface area contributed by atoms with Crippen LogP contribution in [0.3, 0.4) is 0 Å². The maximum atomic E-state index is 13.3. The molecule has 1 aromatic carbocycles. The van der Waals surface area contributed by atoms with Crippen molar-refractivity contribution >= 4 is 29.7 Å². The predicted octanol–water partition coefficient (Wildman–Crippen LogP) is -1.87. The fourth-order valence-corrected chi connectivity index (χ4v) is 3.50. The average molecular weight is 530 g/mol. The van der Waals surface area contributed by atoms with E-state index in [9.17, 15) is 24.3 Å². The van der Waals surface area contributed by atoms with Crippen LogP contribution in [-0.4, -0.2) is 75.4 Å². The van der Waals surface area contributed by atoms with Crippen molar-refractivity contribution in [3.8, 4) is 0 Å². The minimum Gasteiger partial charge on any atom is -0.480 e. The number of amides is 3. The second-order valence-electron chi connectivity index (χ2n) is 8.73. The minimum absolute atomic E-state index is 0.0448. The highest BCUT2D eigenvalue weighted by Gasteiger charge is 2.30. The van der Waals surface area contributed by atoms with E-state index < -0.39 is 47.9 Å². The van der Waals surface area contributed by atoms with Gasteiger partial charge in [0.2, 0.25) is 17.7 Å². The van der Waals surface area contributed by atoms with Crippen molar-refractivity contribution in [3.63, 3.8) is 0 Å². The van der Waals surface area contributed by atoms with Crippen molar-refractivity contribution in [2.24, 2.45) is 22.2 Å². The van der Waals surface area contributed by atoms with E-state index in [0.717, 1.165) is 5.56 Å². The second-order valence-corrected chi connectivity index (χ2v) is 8.73. The highest BCUT2D eigenvalue weighted by Crippen LogP contribution is 2.07. The fraction of sp³-hybridized carbons (Fsp3) is 0.417. The molecule has 0 saturated carbocycles. The first kappa shape index (κ1) is 29.8. The number of guanidine groups is 1. The highest BCUT2D eigenvalue weighted by molar-refractivity contribution is 5.94. The van der Waals surface area contributed by atoms with Gasteiger partial charge in [-0.2, -0.15) is 0 Å². The molecule has 2 aromatic rings. The summed E-state index contributed by atoms with van der Waals surface area (Å²) in [6.07, 6.45) is 3.36. The molecular weight excluding hydrogens is 494 g/mol. The number of aliphatic carboxylic acids is 1. The normalized spacial score (nSPS) is 13.8. The van der Waals surface area contributed by atoms with Crippen molar-refractivity contribution in [1.29, 1.82) is 0 Å². The Balaban J connectivity index is 2.21. The Labute approximate surface area is 219 Å². The van der Waals surface area contributed by atoms with Crippen LogP contribution in [0, 0.1) is 0 Å². The molecule has 0 aliphatic carbocycles. The average Bonchev–Trinajstić information content (AvgIpc) is 3.38. The van der Waals surface area contributed by atoms with Gasteiger partial charge in [-0.15, -0.1) is 0 Å². The first-order chi connectivity index (χ1) is 18.1. The number of rotatable bonds is 15. The first-order valence-corrected chi connectivity index (χ1v) is 12.0. The number of imidazole rings is 1. The van der Waals surface area contributed by atoms with E-state index >= 15 is 0 Å². The van der Waals surface area contributed by atoms with Gasteiger partial charge in [0.25, 0.3) is 0 Å². The molecule has 0 aliphatic heterocycles. The van der Waals surface area contributed by atoms with E-state index in [0.29, 0.717) is 12.1 Å². The lowest BCUT2D eigenvalue weighted by atomic mass is 10.0. The lowest BCUT2D eigenvalue weighted by Crippen LogP contribution is -2.57. The van der Waals surface area contributed by atoms with E-state index in [4.69, 9.17) is 17.2 Å². The fourth-order valence-electron chi connectivity index (χ4n) is 3.50. The number of aromatic amines is 1. The van der Waals surface area contributed by atoms with E-state index in [2.05, 4.69) is 30.9 Å². The molecule has 0 aliphatic rings. The summed E-state index contributed by atoms with van der Waals surface area (Å²) < 4.78 is 0. The van der Waals surface area contributed by atoms with Gasteiger partial charge in [-0.25, -0.2) is 9.78 Å². The third-order valence-electron chi connectivity index (χ3n) is 5.50. The van der Waals surface area contributed by atoms with Crippen LogP contribution in [0.15, 0.2) is 47.8 Å². The molecular formula is C24H35N9O5. The molecule has 0 spiro atoms. The highest BCUT2D eigenvalue weighted by atomic mass is 16.4. The van der Waals surface area contributed by atoms with Crippen molar-refractivity contribution < 1.29 is 24.3 Å². The Hall–Kier alpha value is -4.46. The number of nitrogens with two attached hydrogens (primary N) is 3. The van der Waals surface area contributed by atoms with Gasteiger partial charge in [0.05, 0.1) is 12.4 Å². The summed E-state index contributed by atoms with van der Waals surface area (Å²) in [7, 11) is 0. The number of aromatic nitrogens is 2. The number of carboxylic acids is 1. The maximum Gasteiger partial charge on any atom is 0.326 e. The van der Waals surface area contributed by atoms with Gasteiger partial charge in [0.15, 0.2) is 5.96 Å². The minimum atomic E-state index is -1.28. The summed E-state index contributed by atoms with van der Waals surface area (Å²) in [6, 6.07) is 4.69. The van der Waals surface area contributed by atoms with E-state index in [1.54, 1.807) is 24.3 Å². The Morgan fingerprint density at radius 2 is 1.61 bits per heavy atom. The number of H-pyrrole nitrogens is 1. The largest absolute Gasteiger partial charge is 0.480 e. The Morgan fingerprint density at radius 1 is 0.974 bits per heavy atom. The summed E-state index contributed by atoms with van der Waals surface area (Å²) in [5.74, 6) is -3.27. The van der Waals surface area contributed by atoms with Crippen molar-refractivity contribution in [2.75, 3.05) is 6.54 Å². The van der Waals surface area contributed by atoms with Crippen LogP contribution in [0.5, 0.6) is 0 Å². The molecule has 3 amide bonds. The van der Waals surface area contributed by atoms with Gasteiger partial charge in [-0.1, -0.05) is 30.3 Å². The monoisotopic (exact) mass is 529 g/mol. The maximum absolute atomic E-state index is 13.3. The van der Waals surface area contributed by atoms with Gasteiger partial charge in [0, 0.05) is 31.3 Å². The van der Waals surface area contributed by atoms with E-state index in [1.165, 1.54) is 19.4 Å². The van der Waals surface area contributed by atoms with Crippen LogP contribution in [0.1, 0.15) is 31.0 Å². The predicted molar refractivity (Wildman–Crippen MR) is 139 cm³/mol. The van der Waals surface area contributed by atoms with Crippen molar-refractivity contribution in [2.45, 2.75) is 56.8 Å². The zero-order valence-electron chi connectivity index (χ0n) is 21.1. The van der Waals surface area contributed by atoms with Gasteiger partial charge >= 0.3 is 5.97 Å². The summed E-state index contributed by atoms with van der Waals surface area (Å²) in [5, 5.41) is 17.3. The van der Waals surface area contributed by atoms with Crippen LogP contribution in [-0.2, 0) is 32.0 Å². The topological polar surface area (TPSA) is 244 Å². The third kappa shape index (κ3) is 10.3. The standard InChI is InChI=1S/C24H35N9O5/c1-14(25)20(34)32-18(10-15-6-3-2-4-7-15)22(36)31-17(8-5-9-29-24(26)27)21(35)33-19(23(37)38)11-16-12-28-13-30-16/h2-4,6-7,12-14,17-19H,5,8-11,25H2,1H3,(H,28,30)(H,31,36)(H,32,34)(H,33,35)(H,37,38)(H4,26,27,29). The number of benzene rings is 1. The molecule has 0 radical (unpaired) electrons. The van der Waals surface area contributed by atoms with Crippen LogP contribution < -0.4 is 33.2 Å². The lowest BCUT2D eigenvalue weighted by Gasteiger charge is -2.25. The molecule has 0 bridgehead atoms. The summed E-state index contributed by atoms with van der Waals surface area (Å²) >= 11 is 0. The Bertz CT molecular complexity index is 1090. The Morgan fingerprint density at radius 3 is 2.18 bits per heavy atom. The van der Waals surface area contributed by atoms with Crippen molar-refractivity contribution in [3.05, 3.63) is 54.1 Å². The number of aliphatic imine (C=N–C) groups is 1. The molecule has 4 atom stereocenters. The van der Waals surface area contributed by atoms with Gasteiger partial charge in [-0.3, -0.25) is 19.4 Å². The molecule has 14 heteroatoms. The number of nitrogens with zero attached hydrogens (tertiary/aromatic N) is 2.